The van der Waals surface area contributed by atoms with Crippen LogP contribution in [0, 0.1) is 10.1 Å². The summed E-state index contributed by atoms with van der Waals surface area (Å²) in [4.78, 5) is 26.9. The Bertz CT molecular complexity index is 1040. The van der Waals surface area contributed by atoms with Crippen molar-refractivity contribution in [2.45, 2.75) is 0 Å². The van der Waals surface area contributed by atoms with Crippen LogP contribution in [0.25, 0.3) is 11.3 Å². The van der Waals surface area contributed by atoms with Crippen molar-refractivity contribution in [3.05, 3.63) is 67.0 Å². The number of hydrogen-bond donors (Lipinski definition) is 1. The van der Waals surface area contributed by atoms with Crippen LogP contribution in [-0.2, 0) is 0 Å². The van der Waals surface area contributed by atoms with Crippen LogP contribution >= 0.6 is 38.9 Å². The lowest BCUT2D eigenvalue weighted by atomic mass is 10.2. The summed E-state index contributed by atoms with van der Waals surface area (Å²) >= 11 is 10.7. The number of non-ortho nitro benzene ring substituents is 1. The van der Waals surface area contributed by atoms with Gasteiger partial charge >= 0.3 is 0 Å². The molecular formula is C17H11BrClN3O4S. The molecule has 10 heteroatoms. The number of amides is 1. The minimum Gasteiger partial charge on any atom is -0.496 e. The van der Waals surface area contributed by atoms with Crippen molar-refractivity contribution < 1.29 is 14.5 Å². The molecule has 7 nitrogen and oxygen atoms in total. The Morgan fingerprint density at radius 2 is 2.11 bits per heavy atom. The summed E-state index contributed by atoms with van der Waals surface area (Å²) in [5, 5.41) is 15.6. The normalized spacial score (nSPS) is 10.5. The number of hydrogen-bond acceptors (Lipinski definition) is 6. The Morgan fingerprint density at radius 1 is 1.33 bits per heavy atom. The molecule has 27 heavy (non-hydrogen) atoms. The lowest BCUT2D eigenvalue weighted by Crippen LogP contribution is -2.12. The van der Waals surface area contributed by atoms with E-state index < -0.39 is 10.8 Å². The molecule has 0 saturated carbocycles. The molecule has 0 fully saturated rings. The van der Waals surface area contributed by atoms with E-state index in [0.717, 1.165) is 16.1 Å². The number of carbonyl (C=O) groups is 1. The molecule has 0 atom stereocenters. The third kappa shape index (κ3) is 4.26. The molecule has 1 N–H and O–H groups in total. The SMILES string of the molecule is COc1ccc(-c2csc(NC(=O)c3ccc([N+](=O)[O-])cc3Cl)n2)cc1Br. The Kier molecular flexibility index (Phi) is 5.73. The second kappa shape index (κ2) is 8.03. The summed E-state index contributed by atoms with van der Waals surface area (Å²) in [6.45, 7) is 0. The first-order chi connectivity index (χ1) is 12.9. The molecule has 1 aromatic heterocycles. The highest BCUT2D eigenvalue weighted by Crippen LogP contribution is 2.32. The number of carbonyl (C=O) groups excluding carboxylic acids is 1. The minimum absolute atomic E-state index is 0.00226. The zero-order valence-corrected chi connectivity index (χ0v) is 16.9. The van der Waals surface area contributed by atoms with Gasteiger partial charge in [-0.15, -0.1) is 11.3 Å². The van der Waals surface area contributed by atoms with Crippen molar-refractivity contribution in [2.24, 2.45) is 0 Å². The van der Waals surface area contributed by atoms with Gasteiger partial charge < -0.3 is 4.74 Å². The number of ether oxygens (including phenoxy) is 1. The number of nitro benzene ring substituents is 1. The van der Waals surface area contributed by atoms with E-state index >= 15 is 0 Å². The van der Waals surface area contributed by atoms with Gasteiger partial charge in [-0.1, -0.05) is 11.6 Å². The van der Waals surface area contributed by atoms with Gasteiger partial charge in [-0.3, -0.25) is 20.2 Å². The van der Waals surface area contributed by atoms with Crippen molar-refractivity contribution in [3.8, 4) is 17.0 Å². The van der Waals surface area contributed by atoms with Crippen LogP contribution in [-0.4, -0.2) is 22.9 Å². The fourth-order valence-corrected chi connectivity index (χ4v) is 3.77. The number of nitrogens with one attached hydrogen (secondary N) is 1. The molecule has 0 aliphatic rings. The third-order valence-electron chi connectivity index (χ3n) is 3.58. The zero-order valence-electron chi connectivity index (χ0n) is 13.7. The molecule has 1 amide bonds. The second-order valence-electron chi connectivity index (χ2n) is 5.26. The van der Waals surface area contributed by atoms with Crippen molar-refractivity contribution >= 4 is 55.6 Å². The maximum Gasteiger partial charge on any atom is 0.270 e. The van der Waals surface area contributed by atoms with Crippen LogP contribution in [0.15, 0.2) is 46.3 Å². The molecule has 0 radical (unpaired) electrons. The number of benzene rings is 2. The van der Waals surface area contributed by atoms with Gasteiger partial charge in [0.2, 0.25) is 0 Å². The van der Waals surface area contributed by atoms with E-state index in [1.807, 2.05) is 18.2 Å². The maximum absolute atomic E-state index is 12.4. The van der Waals surface area contributed by atoms with Gasteiger partial charge in [-0.2, -0.15) is 0 Å². The molecule has 0 spiro atoms. The summed E-state index contributed by atoms with van der Waals surface area (Å²) in [5.74, 6) is 0.210. The highest BCUT2D eigenvalue weighted by atomic mass is 79.9. The predicted octanol–water partition coefficient (Wildman–Crippen LogP) is 5.40. The monoisotopic (exact) mass is 467 g/mol. The van der Waals surface area contributed by atoms with E-state index in [0.29, 0.717) is 16.6 Å². The smallest absolute Gasteiger partial charge is 0.270 e. The van der Waals surface area contributed by atoms with Crippen molar-refractivity contribution in [3.63, 3.8) is 0 Å². The molecule has 3 rings (SSSR count). The maximum atomic E-state index is 12.4. The van der Waals surface area contributed by atoms with E-state index in [-0.39, 0.29) is 16.3 Å². The van der Waals surface area contributed by atoms with Crippen molar-refractivity contribution in [2.75, 3.05) is 12.4 Å². The summed E-state index contributed by atoms with van der Waals surface area (Å²) in [6, 6.07) is 9.21. The summed E-state index contributed by atoms with van der Waals surface area (Å²) < 4.78 is 5.99. The quantitative estimate of drug-likeness (QED) is 0.400. The first kappa shape index (κ1) is 19.3. The molecular weight excluding hydrogens is 458 g/mol. The highest BCUT2D eigenvalue weighted by Gasteiger charge is 2.16. The Balaban J connectivity index is 1.78. The molecule has 2 aromatic carbocycles. The molecule has 138 valence electrons. The number of halogens is 2. The van der Waals surface area contributed by atoms with Crippen LogP contribution in [0.3, 0.4) is 0 Å². The first-order valence-electron chi connectivity index (χ1n) is 7.43. The number of rotatable bonds is 5. The van der Waals surface area contributed by atoms with Crippen molar-refractivity contribution in [1.29, 1.82) is 0 Å². The van der Waals surface area contributed by atoms with E-state index in [9.17, 15) is 14.9 Å². The number of nitrogens with zero attached hydrogens (tertiary/aromatic N) is 2. The number of anilines is 1. The number of methoxy groups -OCH3 is 1. The first-order valence-corrected chi connectivity index (χ1v) is 9.49. The fourth-order valence-electron chi connectivity index (χ4n) is 2.26. The fraction of sp³-hybridized carbons (Fsp3) is 0.0588. The van der Waals surface area contributed by atoms with E-state index in [1.54, 1.807) is 12.5 Å². The summed E-state index contributed by atoms with van der Waals surface area (Å²) in [7, 11) is 1.58. The molecule has 0 aliphatic heterocycles. The molecule has 0 bridgehead atoms. The van der Waals surface area contributed by atoms with Gasteiger partial charge in [0.1, 0.15) is 5.75 Å². The Hall–Kier alpha value is -2.49. The molecule has 0 saturated heterocycles. The minimum atomic E-state index is -0.576. The summed E-state index contributed by atoms with van der Waals surface area (Å²) in [6.07, 6.45) is 0. The third-order valence-corrected chi connectivity index (χ3v) is 5.27. The van der Waals surface area contributed by atoms with Crippen LogP contribution in [0.5, 0.6) is 5.75 Å². The second-order valence-corrected chi connectivity index (χ2v) is 7.38. The van der Waals surface area contributed by atoms with E-state index in [2.05, 4.69) is 26.2 Å². The topological polar surface area (TPSA) is 94.4 Å². The predicted molar refractivity (Wildman–Crippen MR) is 108 cm³/mol. The zero-order chi connectivity index (χ0) is 19.6. The van der Waals surface area contributed by atoms with Crippen molar-refractivity contribution in [1.82, 2.24) is 4.98 Å². The van der Waals surface area contributed by atoms with Gasteiger partial charge in [0.05, 0.1) is 32.8 Å². The Labute approximate surface area is 171 Å². The molecule has 1 heterocycles. The van der Waals surface area contributed by atoms with E-state index in [4.69, 9.17) is 16.3 Å². The van der Waals surface area contributed by atoms with Gasteiger partial charge in [0.25, 0.3) is 11.6 Å². The number of aromatic nitrogens is 1. The largest absolute Gasteiger partial charge is 0.496 e. The van der Waals surface area contributed by atoms with Crippen LogP contribution < -0.4 is 10.1 Å². The molecule has 0 aliphatic carbocycles. The van der Waals surface area contributed by atoms with E-state index in [1.165, 1.54) is 23.5 Å². The average Bonchev–Trinajstić information content (AvgIpc) is 3.09. The van der Waals surface area contributed by atoms with Crippen LogP contribution in [0.1, 0.15) is 10.4 Å². The standard InChI is InChI=1S/C17H11BrClN3O4S/c1-26-15-5-2-9(6-12(15)18)14-8-27-17(20-14)21-16(23)11-4-3-10(22(24)25)7-13(11)19/h2-8H,1H3,(H,20,21,23). The highest BCUT2D eigenvalue weighted by molar-refractivity contribution is 9.10. The van der Waals surface area contributed by atoms with Crippen LogP contribution in [0.4, 0.5) is 10.8 Å². The Morgan fingerprint density at radius 3 is 2.74 bits per heavy atom. The summed E-state index contributed by atoms with van der Waals surface area (Å²) in [5.41, 5.74) is 1.49. The average molecular weight is 469 g/mol. The number of thiazole rings is 1. The van der Waals surface area contributed by atoms with Gasteiger partial charge in [0.15, 0.2) is 5.13 Å². The van der Waals surface area contributed by atoms with Crippen LogP contribution in [0.2, 0.25) is 5.02 Å². The molecule has 0 unspecified atom stereocenters. The van der Waals surface area contributed by atoms with Gasteiger partial charge in [0, 0.05) is 23.1 Å². The van der Waals surface area contributed by atoms with Gasteiger partial charge in [-0.25, -0.2) is 4.98 Å². The van der Waals surface area contributed by atoms with Gasteiger partial charge in [-0.05, 0) is 40.2 Å². The number of nitro groups is 1. The lowest BCUT2D eigenvalue weighted by Gasteiger charge is -2.05. The molecule has 3 aromatic rings. The lowest BCUT2D eigenvalue weighted by molar-refractivity contribution is -0.384.